The second-order valence-corrected chi connectivity index (χ2v) is 7.75. The summed E-state index contributed by atoms with van der Waals surface area (Å²) in [6, 6.07) is 13.7. The Morgan fingerprint density at radius 3 is 2.35 bits per heavy atom. The van der Waals surface area contributed by atoms with Crippen LogP contribution in [0, 0.1) is 10.1 Å². The molecule has 1 fully saturated rings. The van der Waals surface area contributed by atoms with Crippen LogP contribution in [-0.4, -0.2) is 68.8 Å². The van der Waals surface area contributed by atoms with E-state index < -0.39 is 4.92 Å². The zero-order valence-electron chi connectivity index (χ0n) is 16.9. The minimum Gasteiger partial charge on any atom is -0.492 e. The summed E-state index contributed by atoms with van der Waals surface area (Å²) >= 11 is 5.89. The maximum absolute atomic E-state index is 10.8. The van der Waals surface area contributed by atoms with Crippen molar-refractivity contribution in [3.63, 3.8) is 0 Å². The van der Waals surface area contributed by atoms with Gasteiger partial charge in [-0.15, -0.1) is 5.10 Å². The van der Waals surface area contributed by atoms with Gasteiger partial charge in [-0.25, -0.2) is 9.67 Å². The van der Waals surface area contributed by atoms with Gasteiger partial charge in [0.25, 0.3) is 5.69 Å². The van der Waals surface area contributed by atoms with E-state index in [0.29, 0.717) is 24.1 Å². The summed E-state index contributed by atoms with van der Waals surface area (Å²) in [5.41, 5.74) is 0.814. The number of nitro benzene ring substituents is 1. The molecule has 1 aliphatic heterocycles. The van der Waals surface area contributed by atoms with E-state index in [9.17, 15) is 10.1 Å². The molecule has 2 heterocycles. The molecule has 0 aliphatic carbocycles. The average molecular weight is 443 g/mol. The Hall–Kier alpha value is -3.01. The summed E-state index contributed by atoms with van der Waals surface area (Å²) < 4.78 is 7.58. The number of hydrogen-bond acceptors (Lipinski definition) is 7. The van der Waals surface area contributed by atoms with Crippen molar-refractivity contribution in [3.8, 4) is 17.1 Å². The van der Waals surface area contributed by atoms with Gasteiger partial charge >= 0.3 is 0 Å². The maximum atomic E-state index is 10.8. The first-order valence-corrected chi connectivity index (χ1v) is 10.4. The number of benzene rings is 2. The molecule has 4 rings (SSSR count). The van der Waals surface area contributed by atoms with Gasteiger partial charge in [-0.1, -0.05) is 11.6 Å². The van der Waals surface area contributed by atoms with Crippen LogP contribution in [0.5, 0.6) is 5.75 Å². The Morgan fingerprint density at radius 2 is 1.68 bits per heavy atom. The molecule has 0 unspecified atom stereocenters. The number of nitrogens with zero attached hydrogens (tertiary/aromatic N) is 6. The Morgan fingerprint density at radius 1 is 1.00 bits per heavy atom. The smallest absolute Gasteiger partial charge is 0.269 e. The Labute approximate surface area is 185 Å². The van der Waals surface area contributed by atoms with Gasteiger partial charge in [-0.2, -0.15) is 0 Å². The molecule has 9 nitrogen and oxygen atoms in total. The molecule has 0 amide bonds. The predicted molar refractivity (Wildman–Crippen MR) is 117 cm³/mol. The van der Waals surface area contributed by atoms with Crippen molar-refractivity contribution in [2.45, 2.75) is 6.67 Å². The largest absolute Gasteiger partial charge is 0.492 e. The fourth-order valence-corrected chi connectivity index (χ4v) is 3.54. The minimum atomic E-state index is -0.417. The van der Waals surface area contributed by atoms with Crippen molar-refractivity contribution in [2.24, 2.45) is 0 Å². The van der Waals surface area contributed by atoms with Gasteiger partial charge in [0.1, 0.15) is 18.7 Å². The summed E-state index contributed by atoms with van der Waals surface area (Å²) in [5.74, 6) is 1.39. The number of halogens is 1. The third kappa shape index (κ3) is 5.78. The van der Waals surface area contributed by atoms with Gasteiger partial charge in [0, 0.05) is 55.4 Å². The number of ether oxygens (including phenoxy) is 1. The van der Waals surface area contributed by atoms with Gasteiger partial charge < -0.3 is 4.74 Å². The fraction of sp³-hybridized carbons (Fsp3) is 0.333. The van der Waals surface area contributed by atoms with Crippen LogP contribution in [0.1, 0.15) is 0 Å². The van der Waals surface area contributed by atoms with E-state index in [1.165, 1.54) is 12.1 Å². The summed E-state index contributed by atoms with van der Waals surface area (Å²) in [7, 11) is 0. The van der Waals surface area contributed by atoms with Gasteiger partial charge in [0.15, 0.2) is 5.82 Å². The molecule has 0 N–H and O–H groups in total. The molecule has 2 aromatic carbocycles. The van der Waals surface area contributed by atoms with Crippen molar-refractivity contribution in [2.75, 3.05) is 39.3 Å². The lowest BCUT2D eigenvalue weighted by Crippen LogP contribution is -2.47. The van der Waals surface area contributed by atoms with E-state index in [0.717, 1.165) is 44.0 Å². The van der Waals surface area contributed by atoms with Gasteiger partial charge in [-0.3, -0.25) is 19.9 Å². The summed E-state index contributed by atoms with van der Waals surface area (Å²) in [5, 5.41) is 16.0. The highest BCUT2D eigenvalue weighted by molar-refractivity contribution is 6.30. The molecule has 0 radical (unpaired) electrons. The molecular formula is C21H23ClN6O3. The highest BCUT2D eigenvalue weighted by atomic mass is 35.5. The Bertz CT molecular complexity index is 1000. The number of rotatable bonds is 8. The molecule has 1 saturated heterocycles. The van der Waals surface area contributed by atoms with Crippen molar-refractivity contribution >= 4 is 17.3 Å². The first-order valence-electron chi connectivity index (χ1n) is 10.0. The molecule has 10 heteroatoms. The van der Waals surface area contributed by atoms with E-state index in [2.05, 4.69) is 19.9 Å². The standard InChI is InChI=1S/C21H23ClN6O3/c22-18-3-7-20(8-4-18)31-14-13-25-9-11-26(12-10-25)16-27-15-23-21(24-27)17-1-5-19(6-2-17)28(29)30/h1-8,15H,9-14,16H2. The normalized spacial score (nSPS) is 15.1. The van der Waals surface area contributed by atoms with Crippen LogP contribution in [0.15, 0.2) is 54.9 Å². The van der Waals surface area contributed by atoms with E-state index in [-0.39, 0.29) is 5.69 Å². The highest BCUT2D eigenvalue weighted by Crippen LogP contribution is 2.19. The number of hydrogen-bond donors (Lipinski definition) is 0. The van der Waals surface area contributed by atoms with Crippen LogP contribution in [0.25, 0.3) is 11.4 Å². The summed E-state index contributed by atoms with van der Waals surface area (Å²) in [6.45, 7) is 5.99. The molecule has 1 aromatic heterocycles. The molecule has 0 bridgehead atoms. The molecule has 0 spiro atoms. The predicted octanol–water partition coefficient (Wildman–Crippen LogP) is 3.16. The topological polar surface area (TPSA) is 89.6 Å². The fourth-order valence-electron chi connectivity index (χ4n) is 3.41. The Balaban J connectivity index is 1.21. The van der Waals surface area contributed by atoms with Crippen LogP contribution in [0.2, 0.25) is 5.02 Å². The molecule has 1 aliphatic rings. The van der Waals surface area contributed by atoms with Crippen molar-refractivity contribution in [1.29, 1.82) is 0 Å². The highest BCUT2D eigenvalue weighted by Gasteiger charge is 2.17. The van der Waals surface area contributed by atoms with E-state index >= 15 is 0 Å². The third-order valence-electron chi connectivity index (χ3n) is 5.17. The quantitative estimate of drug-likeness (QED) is 0.391. The number of aromatic nitrogens is 3. The van der Waals surface area contributed by atoms with Crippen LogP contribution >= 0.6 is 11.6 Å². The van der Waals surface area contributed by atoms with Crippen LogP contribution in [0.4, 0.5) is 5.69 Å². The number of piperazine rings is 1. The molecule has 0 atom stereocenters. The van der Waals surface area contributed by atoms with Gasteiger partial charge in [0.2, 0.25) is 0 Å². The molecule has 0 saturated carbocycles. The monoisotopic (exact) mass is 442 g/mol. The lowest BCUT2D eigenvalue weighted by Gasteiger charge is -2.34. The van der Waals surface area contributed by atoms with Crippen molar-refractivity contribution < 1.29 is 9.66 Å². The zero-order valence-corrected chi connectivity index (χ0v) is 17.7. The van der Waals surface area contributed by atoms with Crippen molar-refractivity contribution in [3.05, 3.63) is 70.0 Å². The third-order valence-corrected chi connectivity index (χ3v) is 5.42. The average Bonchev–Trinajstić information content (AvgIpc) is 3.25. The van der Waals surface area contributed by atoms with Gasteiger partial charge in [0.05, 0.1) is 11.6 Å². The van der Waals surface area contributed by atoms with E-state index in [4.69, 9.17) is 16.3 Å². The molecule has 162 valence electrons. The van der Waals surface area contributed by atoms with Gasteiger partial charge in [-0.05, 0) is 36.4 Å². The second kappa shape index (κ2) is 9.86. The van der Waals surface area contributed by atoms with E-state index in [1.54, 1.807) is 23.1 Å². The maximum Gasteiger partial charge on any atom is 0.269 e. The zero-order chi connectivity index (χ0) is 21.6. The minimum absolute atomic E-state index is 0.0552. The second-order valence-electron chi connectivity index (χ2n) is 7.32. The lowest BCUT2D eigenvalue weighted by atomic mass is 10.2. The summed E-state index contributed by atoms with van der Waals surface area (Å²) in [6.07, 6.45) is 1.70. The first-order chi connectivity index (χ1) is 15.1. The lowest BCUT2D eigenvalue weighted by molar-refractivity contribution is -0.384. The number of nitro groups is 1. The molecule has 31 heavy (non-hydrogen) atoms. The molecule has 3 aromatic rings. The number of non-ortho nitro benzene ring substituents is 1. The summed E-state index contributed by atoms with van der Waals surface area (Å²) in [4.78, 5) is 19.4. The van der Waals surface area contributed by atoms with Crippen molar-refractivity contribution in [1.82, 2.24) is 24.6 Å². The molecular weight excluding hydrogens is 420 g/mol. The van der Waals surface area contributed by atoms with Crippen LogP contribution < -0.4 is 4.74 Å². The SMILES string of the molecule is O=[N+]([O-])c1ccc(-c2ncn(CN3CCN(CCOc4ccc(Cl)cc4)CC3)n2)cc1. The van der Waals surface area contributed by atoms with E-state index in [1.807, 2.05) is 24.3 Å². The first kappa shape index (κ1) is 21.2. The van der Waals surface area contributed by atoms with Crippen LogP contribution in [0.3, 0.4) is 0 Å². The Kier molecular flexibility index (Phi) is 6.76. The van der Waals surface area contributed by atoms with Crippen LogP contribution in [-0.2, 0) is 6.67 Å².